The molecule has 1 N–H and O–H groups in total. The van der Waals surface area contributed by atoms with Crippen LogP contribution in [0.15, 0.2) is 29.2 Å². The van der Waals surface area contributed by atoms with Crippen LogP contribution in [-0.2, 0) is 14.8 Å². The van der Waals surface area contributed by atoms with Gasteiger partial charge in [0, 0.05) is 37.8 Å². The number of hydrogen-bond donors (Lipinski definition) is 1. The molecule has 1 saturated heterocycles. The van der Waals surface area contributed by atoms with Crippen LogP contribution in [0.5, 0.6) is 0 Å². The third kappa shape index (κ3) is 4.53. The highest BCUT2D eigenvalue weighted by atomic mass is 32.2. The normalized spacial score (nSPS) is 17.3. The lowest BCUT2D eigenvalue weighted by Gasteiger charge is -2.35. The Morgan fingerprint density at radius 2 is 1.72 bits per heavy atom. The summed E-state index contributed by atoms with van der Waals surface area (Å²) in [4.78, 5) is 24.9. The maximum absolute atomic E-state index is 12.7. The Morgan fingerprint density at radius 3 is 2.20 bits per heavy atom. The zero-order valence-electron chi connectivity index (χ0n) is 14.2. The van der Waals surface area contributed by atoms with Crippen LogP contribution in [0.4, 0.5) is 0 Å². The van der Waals surface area contributed by atoms with Crippen molar-refractivity contribution < 1.29 is 23.1 Å². The number of carboxylic acid groups (broad SMARTS) is 1. The van der Waals surface area contributed by atoms with E-state index in [4.69, 9.17) is 5.11 Å². The maximum Gasteiger partial charge on any atom is 0.335 e. The van der Waals surface area contributed by atoms with Crippen molar-refractivity contribution in [2.75, 3.05) is 38.2 Å². The molecule has 1 aliphatic heterocycles. The predicted molar refractivity (Wildman–Crippen MR) is 96.3 cm³/mol. The van der Waals surface area contributed by atoms with E-state index in [0.717, 1.165) is 5.75 Å². The monoisotopic (exact) mass is 386 g/mol. The molecular formula is C16H22N2O5S2. The zero-order valence-corrected chi connectivity index (χ0v) is 15.8. The number of benzene rings is 1. The first kappa shape index (κ1) is 19.7. The molecule has 2 rings (SSSR count). The van der Waals surface area contributed by atoms with Gasteiger partial charge in [0.05, 0.1) is 10.5 Å². The van der Waals surface area contributed by atoms with Crippen molar-refractivity contribution in [2.24, 2.45) is 5.92 Å². The molecule has 1 aromatic rings. The first-order valence-corrected chi connectivity index (χ1v) is 10.7. The second-order valence-corrected chi connectivity index (χ2v) is 8.76. The first-order valence-electron chi connectivity index (χ1n) is 7.88. The van der Waals surface area contributed by atoms with Crippen molar-refractivity contribution in [1.82, 2.24) is 9.21 Å². The minimum absolute atomic E-state index is 0.0390. The fourth-order valence-corrected chi connectivity index (χ4v) is 4.77. The van der Waals surface area contributed by atoms with Crippen molar-refractivity contribution >= 4 is 33.7 Å². The third-order valence-corrected chi connectivity index (χ3v) is 6.87. The van der Waals surface area contributed by atoms with E-state index in [2.05, 4.69) is 0 Å². The van der Waals surface area contributed by atoms with Crippen LogP contribution in [0.2, 0.25) is 0 Å². The second kappa shape index (κ2) is 8.20. The number of nitrogens with zero attached hydrogens (tertiary/aromatic N) is 2. The average Bonchev–Trinajstić information content (AvgIpc) is 2.61. The largest absolute Gasteiger partial charge is 0.478 e. The number of thioether (sulfide) groups is 1. The lowest BCUT2D eigenvalue weighted by atomic mass is 10.2. The quantitative estimate of drug-likeness (QED) is 0.790. The van der Waals surface area contributed by atoms with Crippen LogP contribution in [0.1, 0.15) is 17.3 Å². The molecule has 0 aliphatic carbocycles. The molecule has 0 radical (unpaired) electrons. The van der Waals surface area contributed by atoms with E-state index in [1.54, 1.807) is 16.7 Å². The molecule has 1 atom stereocenters. The van der Waals surface area contributed by atoms with Crippen molar-refractivity contribution in [2.45, 2.75) is 11.8 Å². The molecule has 7 nitrogen and oxygen atoms in total. The predicted octanol–water partition coefficient (Wildman–Crippen LogP) is 1.22. The van der Waals surface area contributed by atoms with Crippen molar-refractivity contribution in [3.8, 4) is 0 Å². The fraction of sp³-hybridized carbons (Fsp3) is 0.500. The highest BCUT2D eigenvalue weighted by Gasteiger charge is 2.31. The van der Waals surface area contributed by atoms with Gasteiger partial charge < -0.3 is 10.0 Å². The number of aromatic carboxylic acids is 1. The van der Waals surface area contributed by atoms with Crippen molar-refractivity contribution in [3.05, 3.63) is 29.8 Å². The summed E-state index contributed by atoms with van der Waals surface area (Å²) in [5.41, 5.74) is 0.0390. The Labute approximate surface area is 152 Å². The first-order chi connectivity index (χ1) is 11.8. The number of sulfonamides is 1. The molecule has 138 valence electrons. The Morgan fingerprint density at radius 1 is 1.16 bits per heavy atom. The molecule has 0 spiro atoms. The molecule has 1 aromatic carbocycles. The van der Waals surface area contributed by atoms with E-state index in [0.29, 0.717) is 13.1 Å². The number of carbonyl (C=O) groups excluding carboxylic acids is 1. The van der Waals surface area contributed by atoms with Crippen LogP contribution in [0.25, 0.3) is 0 Å². The summed E-state index contributed by atoms with van der Waals surface area (Å²) >= 11 is 1.61. The maximum atomic E-state index is 12.7. The summed E-state index contributed by atoms with van der Waals surface area (Å²) < 4.78 is 26.6. The van der Waals surface area contributed by atoms with Gasteiger partial charge in [0.25, 0.3) is 0 Å². The Bertz CT molecular complexity index is 725. The van der Waals surface area contributed by atoms with Gasteiger partial charge in [0.1, 0.15) is 0 Å². The topological polar surface area (TPSA) is 95.0 Å². The molecule has 1 unspecified atom stereocenters. The van der Waals surface area contributed by atoms with Gasteiger partial charge in [-0.1, -0.05) is 6.92 Å². The van der Waals surface area contributed by atoms with Gasteiger partial charge >= 0.3 is 5.97 Å². The van der Waals surface area contributed by atoms with E-state index < -0.39 is 16.0 Å². The molecule has 1 aliphatic rings. The molecule has 0 aromatic heterocycles. The van der Waals surface area contributed by atoms with Crippen LogP contribution in [0, 0.1) is 5.92 Å². The summed E-state index contributed by atoms with van der Waals surface area (Å²) in [5.74, 6) is -0.387. The number of rotatable bonds is 6. The van der Waals surface area contributed by atoms with Gasteiger partial charge in [-0.05, 0) is 30.5 Å². The number of carboxylic acids is 1. The second-order valence-electron chi connectivity index (χ2n) is 5.92. The van der Waals surface area contributed by atoms with E-state index >= 15 is 0 Å². The molecule has 1 amide bonds. The Balaban J connectivity index is 2.03. The molecule has 25 heavy (non-hydrogen) atoms. The lowest BCUT2D eigenvalue weighted by molar-refractivity contribution is -0.135. The lowest BCUT2D eigenvalue weighted by Crippen LogP contribution is -2.51. The van der Waals surface area contributed by atoms with Crippen molar-refractivity contribution in [1.29, 1.82) is 0 Å². The molecule has 0 bridgehead atoms. The number of piperazine rings is 1. The standard InChI is InChI=1S/C16H22N2O5S2/c1-12(11-24-2)15(19)17-7-9-18(10-8-17)25(22,23)14-5-3-13(4-6-14)16(20)21/h3-6,12H,7-11H2,1-2H3,(H,20,21). The van der Waals surface area contributed by atoms with Crippen LogP contribution < -0.4 is 0 Å². The molecule has 1 fully saturated rings. The van der Waals surface area contributed by atoms with E-state index in [-0.39, 0.29) is 35.4 Å². The molecule has 9 heteroatoms. The zero-order chi connectivity index (χ0) is 18.6. The summed E-state index contributed by atoms with van der Waals surface area (Å²) in [7, 11) is -3.69. The number of amides is 1. The highest BCUT2D eigenvalue weighted by molar-refractivity contribution is 7.98. The summed E-state index contributed by atoms with van der Waals surface area (Å²) in [6.07, 6.45) is 1.95. The van der Waals surface area contributed by atoms with Gasteiger partial charge in [0.2, 0.25) is 15.9 Å². The average molecular weight is 386 g/mol. The van der Waals surface area contributed by atoms with Gasteiger partial charge in [0.15, 0.2) is 0 Å². The summed E-state index contributed by atoms with van der Waals surface area (Å²) in [6.45, 7) is 3.08. The minimum Gasteiger partial charge on any atom is -0.478 e. The Kier molecular flexibility index (Phi) is 6.47. The number of hydrogen-bond acceptors (Lipinski definition) is 5. The van der Waals surface area contributed by atoms with Gasteiger partial charge in [-0.3, -0.25) is 4.79 Å². The van der Waals surface area contributed by atoms with Gasteiger partial charge in [-0.15, -0.1) is 0 Å². The van der Waals surface area contributed by atoms with E-state index in [1.165, 1.54) is 28.6 Å². The van der Waals surface area contributed by atoms with Crippen LogP contribution in [-0.4, -0.2) is 72.8 Å². The third-order valence-electron chi connectivity index (χ3n) is 4.13. The highest BCUT2D eigenvalue weighted by Crippen LogP contribution is 2.19. The summed E-state index contributed by atoms with van der Waals surface area (Å²) in [5, 5.41) is 8.89. The van der Waals surface area contributed by atoms with Crippen LogP contribution in [0.3, 0.4) is 0 Å². The van der Waals surface area contributed by atoms with Gasteiger partial charge in [-0.25, -0.2) is 13.2 Å². The van der Waals surface area contributed by atoms with Crippen molar-refractivity contribution in [3.63, 3.8) is 0 Å². The smallest absolute Gasteiger partial charge is 0.335 e. The molecule has 1 heterocycles. The minimum atomic E-state index is -3.69. The molecular weight excluding hydrogens is 364 g/mol. The van der Waals surface area contributed by atoms with Crippen LogP contribution >= 0.6 is 11.8 Å². The fourth-order valence-electron chi connectivity index (χ4n) is 2.70. The van der Waals surface area contributed by atoms with E-state index in [1.807, 2.05) is 13.2 Å². The van der Waals surface area contributed by atoms with Gasteiger partial charge in [-0.2, -0.15) is 16.1 Å². The number of carbonyl (C=O) groups is 2. The SMILES string of the molecule is CSCC(C)C(=O)N1CCN(S(=O)(=O)c2ccc(C(=O)O)cc2)CC1. The molecule has 0 saturated carbocycles. The summed E-state index contributed by atoms with van der Waals surface area (Å²) in [6, 6.07) is 5.16. The Hall–Kier alpha value is -1.58. The van der Waals surface area contributed by atoms with E-state index in [9.17, 15) is 18.0 Å².